The summed E-state index contributed by atoms with van der Waals surface area (Å²) in [5, 5.41) is 0. The van der Waals surface area contributed by atoms with Crippen LogP contribution >= 0.6 is 7.82 Å². The van der Waals surface area contributed by atoms with Gasteiger partial charge in [0.25, 0.3) is 0 Å². The van der Waals surface area contributed by atoms with E-state index in [4.69, 9.17) is 18.5 Å². The predicted octanol–water partition coefficient (Wildman–Crippen LogP) is 17.7. The average Bonchev–Trinajstić information content (AvgIpc) is 3.32. The molecule has 0 radical (unpaired) electrons. The molecule has 10 heteroatoms. The van der Waals surface area contributed by atoms with Crippen LogP contribution in [0.2, 0.25) is 0 Å². The lowest BCUT2D eigenvalue weighted by Crippen LogP contribution is -2.37. The highest BCUT2D eigenvalue weighted by atomic mass is 31.2. The van der Waals surface area contributed by atoms with Crippen molar-refractivity contribution in [3.63, 3.8) is 0 Å². The molecule has 0 aromatic heterocycles. The first kappa shape index (κ1) is 67.5. The van der Waals surface area contributed by atoms with Crippen LogP contribution in [0.1, 0.15) is 245 Å². The Balaban J connectivity index is 4.09. The summed E-state index contributed by atoms with van der Waals surface area (Å²) in [5.74, 6) is -0.941. The number of phosphoric acid groups is 1. The lowest BCUT2D eigenvalue weighted by Gasteiger charge is -2.24. The third kappa shape index (κ3) is 54.8. The van der Waals surface area contributed by atoms with Gasteiger partial charge in [-0.1, -0.05) is 241 Å². The molecule has 0 aliphatic heterocycles. The number of carbonyl (C=O) groups is 2. The van der Waals surface area contributed by atoms with Crippen molar-refractivity contribution in [1.82, 2.24) is 0 Å². The summed E-state index contributed by atoms with van der Waals surface area (Å²) < 4.78 is 34.3. The minimum atomic E-state index is -4.41. The van der Waals surface area contributed by atoms with E-state index in [0.717, 1.165) is 44.9 Å². The van der Waals surface area contributed by atoms with Gasteiger partial charge in [0.15, 0.2) is 6.10 Å². The van der Waals surface area contributed by atoms with Crippen LogP contribution in [0.4, 0.5) is 0 Å². The first-order valence-electron chi connectivity index (χ1n) is 28.7. The zero-order valence-corrected chi connectivity index (χ0v) is 46.9. The van der Waals surface area contributed by atoms with E-state index in [1.165, 1.54) is 167 Å². The molecule has 0 aliphatic carbocycles. The second-order valence-corrected chi connectivity index (χ2v) is 21.8. The summed E-state index contributed by atoms with van der Waals surface area (Å²) in [6.07, 6.45) is 67.4. The molecule has 0 spiro atoms. The van der Waals surface area contributed by atoms with Crippen LogP contribution in [0, 0.1) is 0 Å². The average molecular weight is 1000 g/mol. The molecule has 0 rings (SSSR count). The van der Waals surface area contributed by atoms with Crippen LogP contribution in [0.5, 0.6) is 0 Å². The number of rotatable bonds is 52. The van der Waals surface area contributed by atoms with E-state index >= 15 is 0 Å². The summed E-state index contributed by atoms with van der Waals surface area (Å²) in [5.41, 5.74) is 0. The molecule has 0 bridgehead atoms. The molecule has 0 aliphatic rings. The largest absolute Gasteiger partial charge is 0.472 e. The van der Waals surface area contributed by atoms with Gasteiger partial charge in [-0.2, -0.15) is 0 Å². The maximum Gasteiger partial charge on any atom is 0.472 e. The van der Waals surface area contributed by atoms with E-state index in [1.807, 2.05) is 33.3 Å². The molecule has 0 amide bonds. The molecule has 0 aromatic rings. The van der Waals surface area contributed by atoms with Gasteiger partial charge in [0, 0.05) is 6.42 Å². The van der Waals surface area contributed by atoms with Crippen molar-refractivity contribution in [3.8, 4) is 0 Å². The van der Waals surface area contributed by atoms with Gasteiger partial charge in [0.1, 0.15) is 19.8 Å². The van der Waals surface area contributed by atoms with Crippen LogP contribution in [0.3, 0.4) is 0 Å². The number of likely N-dealkylation sites (N-methyl/N-ethyl adjacent to an activating group) is 1. The molecule has 2 unspecified atom stereocenters. The van der Waals surface area contributed by atoms with E-state index in [-0.39, 0.29) is 26.1 Å². The Morgan fingerprint density at radius 1 is 0.471 bits per heavy atom. The molecule has 70 heavy (non-hydrogen) atoms. The number of hydrogen-bond donors (Lipinski definition) is 1. The SMILES string of the molecule is CC/C=C\C/C=C\C/C=C\C/C=C\C/C=C\CC(=O)OC(COC(=O)CCCCCCCCCCCCCCCCCCCCC/C=C\CCCCCCCCCC)COP(=O)(O)OCC[N+](C)(C)C. The van der Waals surface area contributed by atoms with Crippen molar-refractivity contribution in [2.24, 2.45) is 0 Å². The van der Waals surface area contributed by atoms with Gasteiger partial charge in [-0.05, 0) is 64.2 Å². The second kappa shape index (κ2) is 51.4. The molecule has 0 fully saturated rings. The molecule has 1 N–H and O–H groups in total. The summed E-state index contributed by atoms with van der Waals surface area (Å²) in [6.45, 7) is 4.22. The molecule has 406 valence electrons. The standard InChI is InChI=1S/C60H108NO8P/c1-6-8-10-12-14-16-18-20-22-23-24-25-26-27-28-29-30-31-32-33-34-35-36-37-39-40-42-44-46-48-50-52-59(62)66-56-58(57-68-70(64,65)67-55-54-61(3,4)5)69-60(63)53-51-49-47-45-43-41-38-21-19-17-15-13-11-9-7-2/h9,11,15,17,21,23-24,38,43,45,49,51,58H,6-8,10,12-14,16,18-20,22,25-37,39-42,44,46-48,50,52-57H2,1-5H3/p+1/b11-9-,17-15-,24-23-,38-21-,45-43-,51-49-. The number of phosphoric ester groups is 1. The van der Waals surface area contributed by atoms with Gasteiger partial charge in [-0.25, -0.2) is 4.57 Å². The van der Waals surface area contributed by atoms with Crippen molar-refractivity contribution in [1.29, 1.82) is 0 Å². The van der Waals surface area contributed by atoms with Crippen LogP contribution in [-0.4, -0.2) is 74.9 Å². The van der Waals surface area contributed by atoms with E-state index in [0.29, 0.717) is 17.4 Å². The number of unbranched alkanes of at least 4 members (excludes halogenated alkanes) is 27. The van der Waals surface area contributed by atoms with Crippen LogP contribution in [0.15, 0.2) is 72.9 Å². The number of carbonyl (C=O) groups excluding carboxylic acids is 2. The van der Waals surface area contributed by atoms with E-state index in [9.17, 15) is 19.0 Å². The third-order valence-corrected chi connectivity index (χ3v) is 13.2. The molecule has 0 aromatic carbocycles. The Labute approximate surface area is 431 Å². The number of quaternary nitrogens is 1. The van der Waals surface area contributed by atoms with Gasteiger partial charge < -0.3 is 18.9 Å². The topological polar surface area (TPSA) is 108 Å². The number of allylic oxidation sites excluding steroid dienone is 11. The zero-order chi connectivity index (χ0) is 51.3. The second-order valence-electron chi connectivity index (χ2n) is 20.3. The summed E-state index contributed by atoms with van der Waals surface area (Å²) in [7, 11) is 1.42. The van der Waals surface area contributed by atoms with E-state index < -0.39 is 32.5 Å². The fourth-order valence-electron chi connectivity index (χ4n) is 7.85. The maximum atomic E-state index is 12.7. The molecular weight excluding hydrogens is 894 g/mol. The number of ether oxygens (including phenoxy) is 2. The Morgan fingerprint density at radius 3 is 1.27 bits per heavy atom. The van der Waals surface area contributed by atoms with Crippen molar-refractivity contribution in [2.45, 2.75) is 251 Å². The fourth-order valence-corrected chi connectivity index (χ4v) is 8.59. The van der Waals surface area contributed by atoms with Crippen molar-refractivity contribution < 1.29 is 42.1 Å². The minimum Gasteiger partial charge on any atom is -0.462 e. The Bertz CT molecular complexity index is 1410. The number of hydrogen-bond acceptors (Lipinski definition) is 7. The van der Waals surface area contributed by atoms with E-state index in [2.05, 4.69) is 68.5 Å². The summed E-state index contributed by atoms with van der Waals surface area (Å²) >= 11 is 0. The highest BCUT2D eigenvalue weighted by molar-refractivity contribution is 7.47. The van der Waals surface area contributed by atoms with Gasteiger partial charge in [0.2, 0.25) is 0 Å². The quantitative estimate of drug-likeness (QED) is 0.0211. The van der Waals surface area contributed by atoms with Crippen molar-refractivity contribution in [3.05, 3.63) is 72.9 Å². The third-order valence-electron chi connectivity index (χ3n) is 12.3. The van der Waals surface area contributed by atoms with E-state index in [1.54, 1.807) is 6.08 Å². The van der Waals surface area contributed by atoms with Gasteiger partial charge >= 0.3 is 19.8 Å². The number of nitrogens with zero attached hydrogens (tertiary/aromatic N) is 1. The zero-order valence-electron chi connectivity index (χ0n) is 46.0. The lowest BCUT2D eigenvalue weighted by molar-refractivity contribution is -0.870. The lowest BCUT2D eigenvalue weighted by atomic mass is 10.0. The highest BCUT2D eigenvalue weighted by Crippen LogP contribution is 2.43. The van der Waals surface area contributed by atoms with Gasteiger partial charge in [-0.3, -0.25) is 18.6 Å². The normalized spacial score (nSPS) is 13.9. The van der Waals surface area contributed by atoms with Crippen LogP contribution < -0.4 is 0 Å². The van der Waals surface area contributed by atoms with Crippen molar-refractivity contribution >= 4 is 19.8 Å². The fraction of sp³-hybridized carbons (Fsp3) is 0.767. The highest BCUT2D eigenvalue weighted by Gasteiger charge is 2.27. The minimum absolute atomic E-state index is 0.00722. The van der Waals surface area contributed by atoms with Crippen LogP contribution in [0.25, 0.3) is 0 Å². The van der Waals surface area contributed by atoms with Crippen LogP contribution in [-0.2, 0) is 32.7 Å². The molecule has 0 saturated heterocycles. The maximum absolute atomic E-state index is 12.7. The molecule has 9 nitrogen and oxygen atoms in total. The molecule has 2 atom stereocenters. The Morgan fingerprint density at radius 2 is 0.857 bits per heavy atom. The summed E-state index contributed by atoms with van der Waals surface area (Å²) in [6, 6.07) is 0. The number of esters is 2. The Hall–Kier alpha value is -2.55. The Kier molecular flexibility index (Phi) is 49.5. The molecular formula is C60H109NO8P+. The van der Waals surface area contributed by atoms with Gasteiger partial charge in [-0.15, -0.1) is 0 Å². The van der Waals surface area contributed by atoms with Crippen molar-refractivity contribution in [2.75, 3.05) is 47.5 Å². The summed E-state index contributed by atoms with van der Waals surface area (Å²) in [4.78, 5) is 35.5. The molecule has 0 heterocycles. The predicted molar refractivity (Wildman–Crippen MR) is 298 cm³/mol. The van der Waals surface area contributed by atoms with Gasteiger partial charge in [0.05, 0.1) is 34.2 Å². The molecule has 0 saturated carbocycles. The first-order valence-corrected chi connectivity index (χ1v) is 30.2. The first-order chi connectivity index (χ1) is 34.0. The monoisotopic (exact) mass is 1000 g/mol. The smallest absolute Gasteiger partial charge is 0.462 e.